The van der Waals surface area contributed by atoms with Gasteiger partial charge >= 0.3 is 0 Å². The minimum Gasteiger partial charge on any atom is -0.424 e. The van der Waals surface area contributed by atoms with Gasteiger partial charge in [-0.3, -0.25) is 9.59 Å². The van der Waals surface area contributed by atoms with Crippen molar-refractivity contribution in [1.82, 2.24) is 29.6 Å². The molecule has 1 aliphatic heterocycles. The van der Waals surface area contributed by atoms with Crippen LogP contribution in [0.2, 0.25) is 0 Å². The molecular formula is C38H48N8O7. The van der Waals surface area contributed by atoms with Gasteiger partial charge in [0.25, 0.3) is 6.01 Å². The molecule has 1 aliphatic rings. The number of hydrogen-bond donors (Lipinski definition) is 2. The van der Waals surface area contributed by atoms with E-state index in [9.17, 15) is 9.59 Å². The van der Waals surface area contributed by atoms with Gasteiger partial charge in [0, 0.05) is 38.1 Å². The van der Waals surface area contributed by atoms with Crippen molar-refractivity contribution in [2.24, 2.45) is 0 Å². The number of Topliss-reactive ketones (excluding diaryl/α,β-unsaturated/α-hetero) is 1. The predicted octanol–water partition coefficient (Wildman–Crippen LogP) is 4.34. The second-order valence-corrected chi connectivity index (χ2v) is 13.0. The SMILES string of the molecule is CCCC(=O)CCCOCCOCCOCCOCCC(=O)N1CCc2cc(Cn3nc(-c4ccc5oc(N)nc5c4)c4c(N)ncnc43)ccc2C1. The van der Waals surface area contributed by atoms with Crippen molar-refractivity contribution in [3.63, 3.8) is 0 Å². The fourth-order valence-corrected chi connectivity index (χ4v) is 6.38. The topological polar surface area (TPSA) is 196 Å². The van der Waals surface area contributed by atoms with Crippen LogP contribution in [-0.4, -0.2) is 101 Å². The van der Waals surface area contributed by atoms with Gasteiger partial charge in [-0.2, -0.15) is 10.1 Å². The number of fused-ring (bicyclic) bond motifs is 3. The molecule has 0 radical (unpaired) electrons. The Hall–Kier alpha value is -4.96. The van der Waals surface area contributed by atoms with E-state index in [0.29, 0.717) is 131 Å². The molecule has 0 unspecified atom stereocenters. The van der Waals surface area contributed by atoms with E-state index < -0.39 is 0 Å². The van der Waals surface area contributed by atoms with Crippen LogP contribution in [0.1, 0.15) is 55.7 Å². The molecule has 1 amide bonds. The van der Waals surface area contributed by atoms with Crippen LogP contribution in [0, 0.1) is 0 Å². The highest BCUT2D eigenvalue weighted by molar-refractivity contribution is 5.99. The summed E-state index contributed by atoms with van der Waals surface area (Å²) in [6.45, 7) is 7.39. The summed E-state index contributed by atoms with van der Waals surface area (Å²) in [6.07, 6.45) is 5.41. The Morgan fingerprint density at radius 3 is 2.38 bits per heavy atom. The lowest BCUT2D eigenvalue weighted by Gasteiger charge is -2.29. The van der Waals surface area contributed by atoms with E-state index >= 15 is 0 Å². The third-order valence-corrected chi connectivity index (χ3v) is 9.05. The minimum atomic E-state index is 0.0723. The van der Waals surface area contributed by atoms with Crippen LogP contribution in [0.25, 0.3) is 33.4 Å². The lowest BCUT2D eigenvalue weighted by atomic mass is 9.97. The van der Waals surface area contributed by atoms with E-state index in [1.165, 1.54) is 11.9 Å². The largest absolute Gasteiger partial charge is 0.424 e. The van der Waals surface area contributed by atoms with E-state index in [4.69, 9.17) is 39.9 Å². The van der Waals surface area contributed by atoms with E-state index in [1.807, 2.05) is 34.7 Å². The van der Waals surface area contributed by atoms with Gasteiger partial charge in [0.15, 0.2) is 11.2 Å². The van der Waals surface area contributed by atoms with Crippen molar-refractivity contribution >= 4 is 45.7 Å². The number of nitrogen functional groups attached to an aromatic ring is 2. The molecule has 3 aromatic heterocycles. The number of carbonyl (C=O) groups is 2. The molecule has 0 saturated heterocycles. The molecule has 0 atom stereocenters. The number of rotatable bonds is 21. The molecule has 0 spiro atoms. The number of aromatic nitrogens is 5. The number of ether oxygens (including phenoxy) is 4. The number of ketones is 1. The fourth-order valence-electron chi connectivity index (χ4n) is 6.38. The lowest BCUT2D eigenvalue weighted by Crippen LogP contribution is -2.36. The first-order valence-corrected chi connectivity index (χ1v) is 18.2. The monoisotopic (exact) mass is 728 g/mol. The molecule has 0 fully saturated rings. The quantitative estimate of drug-likeness (QED) is 0.101. The summed E-state index contributed by atoms with van der Waals surface area (Å²) in [5.74, 6) is 0.713. The first-order valence-electron chi connectivity index (χ1n) is 18.2. The number of nitrogens with two attached hydrogens (primary N) is 2. The van der Waals surface area contributed by atoms with Gasteiger partial charge in [-0.15, -0.1) is 0 Å². The zero-order valence-corrected chi connectivity index (χ0v) is 30.3. The third-order valence-electron chi connectivity index (χ3n) is 9.05. The van der Waals surface area contributed by atoms with Gasteiger partial charge in [-0.05, 0) is 54.2 Å². The maximum absolute atomic E-state index is 13.0. The van der Waals surface area contributed by atoms with Crippen molar-refractivity contribution in [2.75, 3.05) is 70.9 Å². The van der Waals surface area contributed by atoms with Crippen LogP contribution in [0.3, 0.4) is 0 Å². The Bertz CT molecular complexity index is 1990. The van der Waals surface area contributed by atoms with Crippen LogP contribution in [0.4, 0.5) is 11.8 Å². The van der Waals surface area contributed by atoms with Crippen molar-refractivity contribution in [3.05, 3.63) is 59.4 Å². The summed E-state index contributed by atoms with van der Waals surface area (Å²) >= 11 is 0. The van der Waals surface area contributed by atoms with Gasteiger partial charge in [0.05, 0.1) is 64.6 Å². The Morgan fingerprint density at radius 1 is 0.849 bits per heavy atom. The molecular weight excluding hydrogens is 680 g/mol. The van der Waals surface area contributed by atoms with Crippen molar-refractivity contribution in [2.45, 2.75) is 58.5 Å². The number of anilines is 2. The van der Waals surface area contributed by atoms with Crippen LogP contribution in [-0.2, 0) is 48.0 Å². The van der Waals surface area contributed by atoms with Crippen LogP contribution in [0.5, 0.6) is 0 Å². The third kappa shape index (κ3) is 10.1. The molecule has 53 heavy (non-hydrogen) atoms. The van der Waals surface area contributed by atoms with Gasteiger partial charge in [-0.25, -0.2) is 14.6 Å². The fraction of sp³-hybridized carbons (Fsp3) is 0.474. The normalized spacial score (nSPS) is 12.9. The second kappa shape index (κ2) is 18.7. The van der Waals surface area contributed by atoms with E-state index in [-0.39, 0.29) is 11.9 Å². The molecule has 2 aromatic carbocycles. The summed E-state index contributed by atoms with van der Waals surface area (Å²) in [5, 5.41) is 5.58. The van der Waals surface area contributed by atoms with Crippen LogP contribution < -0.4 is 11.5 Å². The summed E-state index contributed by atoms with van der Waals surface area (Å²) in [4.78, 5) is 39.3. The Labute approximate surface area is 307 Å². The highest BCUT2D eigenvalue weighted by atomic mass is 16.6. The van der Waals surface area contributed by atoms with E-state index in [2.05, 4.69) is 33.2 Å². The first kappa shape index (κ1) is 37.8. The molecule has 15 nitrogen and oxygen atoms in total. The Morgan fingerprint density at radius 2 is 1.60 bits per heavy atom. The van der Waals surface area contributed by atoms with Crippen molar-refractivity contribution in [3.8, 4) is 11.3 Å². The molecule has 0 saturated carbocycles. The zero-order chi connectivity index (χ0) is 37.0. The minimum absolute atomic E-state index is 0.0723. The molecule has 282 valence electrons. The smallest absolute Gasteiger partial charge is 0.292 e. The maximum Gasteiger partial charge on any atom is 0.292 e. The predicted molar refractivity (Wildman–Crippen MR) is 199 cm³/mol. The molecule has 4 heterocycles. The number of amides is 1. The molecule has 0 aliphatic carbocycles. The van der Waals surface area contributed by atoms with Gasteiger partial charge < -0.3 is 39.7 Å². The molecule has 4 N–H and O–H groups in total. The van der Waals surface area contributed by atoms with Gasteiger partial charge in [-0.1, -0.05) is 25.1 Å². The Kier molecular flexibility index (Phi) is 13.3. The molecule has 15 heteroatoms. The number of nitrogens with zero attached hydrogens (tertiary/aromatic N) is 6. The number of carbonyl (C=O) groups excluding carboxylic acids is 2. The highest BCUT2D eigenvalue weighted by Gasteiger charge is 2.22. The lowest BCUT2D eigenvalue weighted by molar-refractivity contribution is -0.133. The van der Waals surface area contributed by atoms with Crippen LogP contribution >= 0.6 is 0 Å². The summed E-state index contributed by atoms with van der Waals surface area (Å²) in [5.41, 5.74) is 18.8. The standard InChI is InChI=1S/C38H48N8O7/c1-2-4-30(47)5-3-13-49-15-17-51-19-20-52-18-16-50-14-11-33(48)45-12-10-27-21-26(6-7-29(27)24-45)23-46-37-34(36(39)41-25-42-37)35(44-46)28-8-9-32-31(22-28)43-38(40)53-32/h6-9,21-22,25H,2-5,10-20,23-24H2,1H3,(H2,40,43)(H2,39,41,42). The van der Waals surface area contributed by atoms with E-state index in [1.54, 1.807) is 0 Å². The van der Waals surface area contributed by atoms with Gasteiger partial charge in [0.1, 0.15) is 29.1 Å². The molecule has 0 bridgehead atoms. The maximum atomic E-state index is 13.0. The number of hydrogen-bond acceptors (Lipinski definition) is 13. The molecule has 5 aromatic rings. The summed E-state index contributed by atoms with van der Waals surface area (Å²) in [6, 6.07) is 12.0. The zero-order valence-electron chi connectivity index (χ0n) is 30.3. The van der Waals surface area contributed by atoms with Crippen molar-refractivity contribution in [1.29, 1.82) is 0 Å². The average Bonchev–Trinajstić information content (AvgIpc) is 3.72. The van der Waals surface area contributed by atoms with Crippen LogP contribution in [0.15, 0.2) is 47.1 Å². The number of oxazole rings is 1. The highest BCUT2D eigenvalue weighted by Crippen LogP contribution is 2.33. The first-order chi connectivity index (χ1) is 25.9. The second-order valence-electron chi connectivity index (χ2n) is 13.0. The Balaban J connectivity index is 0.899. The van der Waals surface area contributed by atoms with Gasteiger partial charge in [0.2, 0.25) is 5.91 Å². The molecule has 6 rings (SSSR count). The van der Waals surface area contributed by atoms with E-state index in [0.717, 1.165) is 36.0 Å². The van der Waals surface area contributed by atoms with Crippen molar-refractivity contribution < 1.29 is 33.0 Å². The summed E-state index contributed by atoms with van der Waals surface area (Å²) in [7, 11) is 0. The summed E-state index contributed by atoms with van der Waals surface area (Å²) < 4.78 is 29.5. The number of benzene rings is 2. The average molecular weight is 729 g/mol.